The average molecular weight is 378 g/mol. The first-order chi connectivity index (χ1) is 11.9. The Kier molecular flexibility index (Phi) is 5.84. The van der Waals surface area contributed by atoms with Crippen LogP contribution < -0.4 is 5.73 Å². The molecule has 0 atom stereocenters. The number of carbonyl (C=O) groups excluding carboxylic acids is 1. The van der Waals surface area contributed by atoms with Crippen LogP contribution in [0.1, 0.15) is 50.7 Å². The number of nitrogens with two attached hydrogens (primary N) is 1. The number of aromatic carboxylic acids is 1. The van der Waals surface area contributed by atoms with Crippen molar-refractivity contribution < 1.29 is 24.0 Å². The Morgan fingerprint density at radius 1 is 1.31 bits per heavy atom. The molecule has 3 N–H and O–H groups in total. The summed E-state index contributed by atoms with van der Waals surface area (Å²) in [6.07, 6.45) is 3.19. The Morgan fingerprint density at radius 2 is 1.88 bits per heavy atom. The minimum Gasteiger partial charge on any atom is -0.476 e. The average Bonchev–Trinajstić information content (AvgIpc) is 2.71. The number of nitrogen functional groups attached to an aromatic ring is 1. The molecular weight excluding hydrogens is 355 g/mol. The van der Waals surface area contributed by atoms with Crippen LogP contribution in [0.4, 0.5) is 5.69 Å². The van der Waals surface area contributed by atoms with Gasteiger partial charge < -0.3 is 20.1 Å². The van der Waals surface area contributed by atoms with Gasteiger partial charge in [0, 0.05) is 18.9 Å². The number of hydrogen-bond acceptors (Lipinski definition) is 7. The summed E-state index contributed by atoms with van der Waals surface area (Å²) in [6, 6.07) is 1.53. The molecule has 1 fully saturated rings. The van der Waals surface area contributed by atoms with Gasteiger partial charge in [-0.3, -0.25) is 4.79 Å². The molecule has 9 heteroatoms. The van der Waals surface area contributed by atoms with Crippen molar-refractivity contribution in [3.05, 3.63) is 29.0 Å². The second-order valence-corrected chi connectivity index (χ2v) is 8.25. The van der Waals surface area contributed by atoms with Gasteiger partial charge in [0.1, 0.15) is 0 Å². The van der Waals surface area contributed by atoms with Gasteiger partial charge in [-0.1, -0.05) is 17.8 Å². The van der Waals surface area contributed by atoms with Crippen LogP contribution in [0.15, 0.2) is 17.7 Å². The van der Waals surface area contributed by atoms with E-state index >= 15 is 0 Å². The van der Waals surface area contributed by atoms with Crippen molar-refractivity contribution >= 4 is 41.7 Å². The van der Waals surface area contributed by atoms with E-state index in [2.05, 4.69) is 4.98 Å². The molecule has 1 aromatic rings. The zero-order valence-corrected chi connectivity index (χ0v) is 16.3. The van der Waals surface area contributed by atoms with Crippen LogP contribution in [0.2, 0.25) is 0 Å². The minimum atomic E-state index is -1.18. The third-order valence-electron chi connectivity index (χ3n) is 4.49. The zero-order chi connectivity index (χ0) is 19.7. The summed E-state index contributed by atoms with van der Waals surface area (Å²) >= 11 is 1.15. The van der Waals surface area contributed by atoms with Gasteiger partial charge in [0.25, 0.3) is 0 Å². The number of rotatable bonds is 5. The molecule has 1 aliphatic heterocycles. The minimum absolute atomic E-state index is 0.0220. The fourth-order valence-electron chi connectivity index (χ4n) is 2.33. The van der Waals surface area contributed by atoms with Crippen molar-refractivity contribution in [3.63, 3.8) is 0 Å². The van der Waals surface area contributed by atoms with E-state index in [0.29, 0.717) is 11.3 Å². The molecule has 0 saturated carbocycles. The van der Waals surface area contributed by atoms with Gasteiger partial charge in [0.15, 0.2) is 10.8 Å². The Balaban J connectivity index is 2.36. The van der Waals surface area contributed by atoms with Crippen molar-refractivity contribution in [3.8, 4) is 0 Å². The van der Waals surface area contributed by atoms with Crippen LogP contribution in [0.25, 0.3) is 6.08 Å². The van der Waals surface area contributed by atoms with Crippen LogP contribution in [-0.2, 0) is 14.1 Å². The van der Waals surface area contributed by atoms with E-state index in [1.165, 1.54) is 19.2 Å². The number of thioether (sulfide) groups is 1. The summed E-state index contributed by atoms with van der Waals surface area (Å²) in [4.78, 5) is 26.3. The van der Waals surface area contributed by atoms with Gasteiger partial charge in [-0.2, -0.15) is 0 Å². The van der Waals surface area contributed by atoms with Crippen molar-refractivity contribution in [2.24, 2.45) is 0 Å². The number of anilines is 1. The van der Waals surface area contributed by atoms with E-state index in [1.54, 1.807) is 6.08 Å². The summed E-state index contributed by atoms with van der Waals surface area (Å²) < 4.78 is 12.1. The largest absolute Gasteiger partial charge is 0.491 e. The number of hydrogen-bond donors (Lipinski definition) is 2. The molecule has 1 aromatic heterocycles. The third kappa shape index (κ3) is 4.46. The smallest absolute Gasteiger partial charge is 0.476 e. The fraction of sp³-hybridized carbons (Fsp3) is 0.471. The summed E-state index contributed by atoms with van der Waals surface area (Å²) in [5.41, 5.74) is 5.97. The molecule has 1 saturated heterocycles. The molecule has 2 heterocycles. The normalized spacial score (nSPS) is 18.8. The van der Waals surface area contributed by atoms with Gasteiger partial charge in [0.05, 0.1) is 16.9 Å². The van der Waals surface area contributed by atoms with Crippen LogP contribution in [0.5, 0.6) is 0 Å². The molecule has 0 amide bonds. The van der Waals surface area contributed by atoms with Crippen LogP contribution in [0, 0.1) is 0 Å². The molecule has 0 spiro atoms. The van der Waals surface area contributed by atoms with Gasteiger partial charge in [-0.25, -0.2) is 9.78 Å². The number of carboxylic acid groups (broad SMARTS) is 1. The Labute approximate surface area is 157 Å². The van der Waals surface area contributed by atoms with Crippen molar-refractivity contribution in [1.29, 1.82) is 0 Å². The molecular formula is C17H23BN2O5S. The monoisotopic (exact) mass is 378 g/mol. The lowest BCUT2D eigenvalue weighted by Crippen LogP contribution is -2.41. The number of carboxylic acids is 1. The molecule has 0 radical (unpaired) electrons. The maximum absolute atomic E-state index is 11.4. The zero-order valence-electron chi connectivity index (χ0n) is 15.5. The number of pyridine rings is 1. The second-order valence-electron chi connectivity index (χ2n) is 7.10. The van der Waals surface area contributed by atoms with E-state index in [-0.39, 0.29) is 16.5 Å². The van der Waals surface area contributed by atoms with Crippen LogP contribution in [-0.4, -0.2) is 45.2 Å². The lowest BCUT2D eigenvalue weighted by molar-refractivity contribution is -0.109. The van der Waals surface area contributed by atoms with Crippen molar-refractivity contribution in [2.45, 2.75) is 45.8 Å². The first-order valence-electron chi connectivity index (χ1n) is 8.11. The first kappa shape index (κ1) is 20.5. The third-order valence-corrected chi connectivity index (χ3v) is 5.38. The van der Waals surface area contributed by atoms with E-state index in [0.717, 1.165) is 17.2 Å². The predicted molar refractivity (Wildman–Crippen MR) is 103 cm³/mol. The number of carbonyl (C=O) groups is 2. The molecule has 140 valence electrons. The highest BCUT2D eigenvalue weighted by Gasteiger charge is 2.52. The molecule has 0 unspecified atom stereocenters. The van der Waals surface area contributed by atoms with E-state index in [1.807, 2.05) is 27.7 Å². The fourth-order valence-corrected chi connectivity index (χ4v) is 2.92. The molecule has 0 bridgehead atoms. The number of aromatic nitrogens is 1. The predicted octanol–water partition coefficient (Wildman–Crippen LogP) is 2.66. The van der Waals surface area contributed by atoms with E-state index in [4.69, 9.17) is 20.1 Å². The Hall–Kier alpha value is -1.84. The highest BCUT2D eigenvalue weighted by molar-refractivity contribution is 8.13. The molecule has 2 rings (SSSR count). The highest BCUT2D eigenvalue weighted by atomic mass is 32.2. The Morgan fingerprint density at radius 3 is 2.35 bits per heavy atom. The van der Waals surface area contributed by atoms with Crippen molar-refractivity contribution in [1.82, 2.24) is 4.98 Å². The summed E-state index contributed by atoms with van der Waals surface area (Å²) in [5, 5.41) is 9.01. The van der Waals surface area contributed by atoms with Gasteiger partial charge >= 0.3 is 13.1 Å². The van der Waals surface area contributed by atoms with Gasteiger partial charge in [-0.15, -0.1) is 0 Å². The summed E-state index contributed by atoms with van der Waals surface area (Å²) in [6.45, 7) is 9.29. The Bertz CT molecular complexity index is 748. The highest BCUT2D eigenvalue weighted by Crippen LogP contribution is 2.39. The SMILES string of the molecule is CC(=O)SCC(=Cc1cnc(C(=O)O)c(N)c1)B1OC(C)(C)C(C)(C)O1. The van der Waals surface area contributed by atoms with Crippen LogP contribution in [0.3, 0.4) is 0 Å². The maximum atomic E-state index is 11.4. The van der Waals surface area contributed by atoms with E-state index < -0.39 is 24.3 Å². The lowest BCUT2D eigenvalue weighted by Gasteiger charge is -2.32. The van der Waals surface area contributed by atoms with Crippen molar-refractivity contribution in [2.75, 3.05) is 11.5 Å². The first-order valence-corrected chi connectivity index (χ1v) is 9.10. The quantitative estimate of drug-likeness (QED) is 0.752. The second kappa shape index (κ2) is 7.42. The molecule has 26 heavy (non-hydrogen) atoms. The maximum Gasteiger partial charge on any atom is 0.491 e. The standard InChI is InChI=1S/C17H23BN2O5S/c1-10(21)26-9-12(18-24-16(2,3)17(4,5)25-18)6-11-7-13(19)14(15(22)23)20-8-11/h6-8H,9,19H2,1-5H3,(H,22,23). The summed E-state index contributed by atoms with van der Waals surface area (Å²) in [7, 11) is -0.618. The van der Waals surface area contributed by atoms with Crippen LogP contribution >= 0.6 is 11.8 Å². The van der Waals surface area contributed by atoms with Gasteiger partial charge in [0.2, 0.25) is 0 Å². The molecule has 7 nitrogen and oxygen atoms in total. The lowest BCUT2D eigenvalue weighted by atomic mass is 9.78. The summed E-state index contributed by atoms with van der Waals surface area (Å²) in [5.74, 6) is -0.802. The topological polar surface area (TPSA) is 112 Å². The van der Waals surface area contributed by atoms with Gasteiger partial charge in [-0.05, 0) is 44.8 Å². The number of nitrogens with zero attached hydrogens (tertiary/aromatic N) is 1. The molecule has 1 aliphatic rings. The molecule has 0 aromatic carbocycles. The van der Waals surface area contributed by atoms with E-state index in [9.17, 15) is 9.59 Å². The molecule has 0 aliphatic carbocycles.